The first-order valence-electron chi connectivity index (χ1n) is 2.27. The van der Waals surface area contributed by atoms with Crippen molar-refractivity contribution < 1.29 is 10.2 Å². The van der Waals surface area contributed by atoms with Crippen LogP contribution >= 0.6 is 0 Å². The minimum absolute atomic E-state index is 0.449. The highest BCUT2D eigenvalue weighted by atomic mass is 16.3. The molecule has 44 valence electrons. The van der Waals surface area contributed by atoms with Crippen molar-refractivity contribution in [1.82, 2.24) is 15.5 Å². The summed E-state index contributed by atoms with van der Waals surface area (Å²) in [6, 6.07) is 0. The summed E-state index contributed by atoms with van der Waals surface area (Å²) in [6.07, 6.45) is -0.575. The minimum Gasteiger partial charge on any atom is -0.382 e. The van der Waals surface area contributed by atoms with E-state index >= 15 is 0 Å². The lowest BCUT2D eigenvalue weighted by molar-refractivity contribution is -0.472. The Kier molecular flexibility index (Phi) is 1.21. The van der Waals surface area contributed by atoms with E-state index in [9.17, 15) is 0 Å². The van der Waals surface area contributed by atoms with E-state index in [0.29, 0.717) is 5.82 Å². The fourth-order valence-electron chi connectivity index (χ4n) is 0.374. The zero-order chi connectivity index (χ0) is 5.98. The zero-order valence-electron chi connectivity index (χ0n) is 4.42. The van der Waals surface area contributed by atoms with Gasteiger partial charge in [0.25, 0.3) is 0 Å². The van der Waals surface area contributed by atoms with Crippen LogP contribution in [0.5, 0.6) is 0 Å². The first kappa shape index (κ1) is 5.17. The lowest BCUT2D eigenvalue weighted by Crippen LogP contribution is -2.12. The Hall–Kier alpha value is -0.970. The zero-order valence-corrected chi connectivity index (χ0v) is 4.42. The molecule has 0 radical (unpaired) electrons. The van der Waals surface area contributed by atoms with Gasteiger partial charge in [-0.05, 0) is 6.92 Å². The van der Waals surface area contributed by atoms with Crippen molar-refractivity contribution in [2.24, 2.45) is 0 Å². The summed E-state index contributed by atoms with van der Waals surface area (Å²) in [6.45, 7) is 1.61. The Balaban J connectivity index is 2.77. The normalized spacial score (nSPS) is 13.8. The summed E-state index contributed by atoms with van der Waals surface area (Å²) in [5.41, 5.74) is 0. The highest BCUT2D eigenvalue weighted by molar-refractivity contribution is 4.70. The van der Waals surface area contributed by atoms with E-state index < -0.39 is 6.10 Å². The first-order chi connectivity index (χ1) is 3.80. The minimum atomic E-state index is -0.575. The van der Waals surface area contributed by atoms with Gasteiger partial charge in [-0.15, -0.1) is 0 Å². The summed E-state index contributed by atoms with van der Waals surface area (Å²) in [5.74, 6) is 0.449. The number of tetrazole rings is 1. The predicted octanol–water partition coefficient (Wildman–Crippen LogP) is -1.33. The Labute approximate surface area is 45.7 Å². The number of H-pyrrole nitrogens is 2. The Morgan fingerprint density at radius 3 is 2.88 bits per heavy atom. The van der Waals surface area contributed by atoms with Gasteiger partial charge in [-0.25, -0.2) is 0 Å². The number of hydrogen-bond donors (Lipinski definition) is 2. The van der Waals surface area contributed by atoms with E-state index in [1.165, 1.54) is 0 Å². The fourth-order valence-corrected chi connectivity index (χ4v) is 0.374. The molecule has 1 unspecified atom stereocenters. The maximum absolute atomic E-state index is 8.76. The molecule has 0 aliphatic rings. The van der Waals surface area contributed by atoms with Gasteiger partial charge in [-0.3, -0.25) is 0 Å². The smallest absolute Gasteiger partial charge is 0.326 e. The van der Waals surface area contributed by atoms with Crippen LogP contribution in [0.2, 0.25) is 0 Å². The van der Waals surface area contributed by atoms with Gasteiger partial charge in [-0.1, -0.05) is 5.21 Å². The number of rotatable bonds is 1. The molecule has 0 fully saturated rings. The molecule has 0 amide bonds. The van der Waals surface area contributed by atoms with Gasteiger partial charge < -0.3 is 5.11 Å². The summed E-state index contributed by atoms with van der Waals surface area (Å²) < 4.78 is 0. The second-order valence-corrected chi connectivity index (χ2v) is 1.50. The molecule has 5 heteroatoms. The van der Waals surface area contributed by atoms with Crippen LogP contribution in [-0.4, -0.2) is 20.6 Å². The van der Waals surface area contributed by atoms with Crippen molar-refractivity contribution in [1.29, 1.82) is 0 Å². The van der Waals surface area contributed by atoms with Gasteiger partial charge in [0.05, 0.1) is 0 Å². The van der Waals surface area contributed by atoms with Crippen LogP contribution in [-0.2, 0) is 0 Å². The lowest BCUT2D eigenvalue weighted by atomic mass is 10.4. The first-order valence-corrected chi connectivity index (χ1v) is 2.27. The molecule has 1 aromatic heterocycles. The summed E-state index contributed by atoms with van der Waals surface area (Å²) in [7, 11) is 0. The molecule has 3 N–H and O–H groups in total. The molecule has 0 bridgehead atoms. The van der Waals surface area contributed by atoms with Crippen LogP contribution in [0.3, 0.4) is 0 Å². The molecule has 1 aromatic rings. The molecule has 0 aliphatic heterocycles. The average Bonchev–Trinajstić information content (AvgIpc) is 2.12. The van der Waals surface area contributed by atoms with Crippen LogP contribution in [0.15, 0.2) is 0 Å². The van der Waals surface area contributed by atoms with Crippen LogP contribution < -0.4 is 5.10 Å². The summed E-state index contributed by atoms with van der Waals surface area (Å²) in [5, 5.41) is 20.5. The standard InChI is InChI=1S/C3H6N4O/c1-2(8)3-4-6-7-5-3/h2,8H,1H3,(H,4,5,6,7)/p+1. The molecule has 8 heavy (non-hydrogen) atoms. The highest BCUT2D eigenvalue weighted by Crippen LogP contribution is 1.96. The van der Waals surface area contributed by atoms with Crippen molar-refractivity contribution >= 4 is 0 Å². The number of nitrogens with one attached hydrogen (secondary N) is 2. The third-order valence-corrected chi connectivity index (χ3v) is 0.787. The molecule has 1 rings (SSSR count). The van der Waals surface area contributed by atoms with Crippen LogP contribution in [0.4, 0.5) is 0 Å². The van der Waals surface area contributed by atoms with Crippen molar-refractivity contribution in [3.05, 3.63) is 5.82 Å². The van der Waals surface area contributed by atoms with Gasteiger partial charge >= 0.3 is 5.82 Å². The maximum Gasteiger partial charge on any atom is 0.326 e. The monoisotopic (exact) mass is 115 g/mol. The van der Waals surface area contributed by atoms with E-state index in [4.69, 9.17) is 5.11 Å². The fraction of sp³-hybridized carbons (Fsp3) is 0.667. The van der Waals surface area contributed by atoms with E-state index in [1.54, 1.807) is 6.92 Å². The Morgan fingerprint density at radius 2 is 2.62 bits per heavy atom. The number of aromatic amines is 2. The molecular weight excluding hydrogens is 108 g/mol. The second-order valence-electron chi connectivity index (χ2n) is 1.50. The van der Waals surface area contributed by atoms with Crippen molar-refractivity contribution in [2.75, 3.05) is 0 Å². The molecule has 1 heterocycles. The van der Waals surface area contributed by atoms with Crippen LogP contribution in [0.1, 0.15) is 18.9 Å². The largest absolute Gasteiger partial charge is 0.382 e. The number of nitrogens with zero attached hydrogens (tertiary/aromatic N) is 2. The van der Waals surface area contributed by atoms with E-state index in [2.05, 4.69) is 20.6 Å². The summed E-state index contributed by atoms with van der Waals surface area (Å²) >= 11 is 0. The number of hydrogen-bond acceptors (Lipinski definition) is 3. The molecule has 0 aliphatic carbocycles. The molecule has 1 atom stereocenters. The molecule has 5 nitrogen and oxygen atoms in total. The predicted molar refractivity (Wildman–Crippen MR) is 23.6 cm³/mol. The molecule has 0 saturated carbocycles. The number of aliphatic hydroxyl groups is 1. The lowest BCUT2D eigenvalue weighted by Gasteiger charge is -1.85. The van der Waals surface area contributed by atoms with Gasteiger partial charge in [-0.2, -0.15) is 5.10 Å². The number of aliphatic hydroxyl groups excluding tert-OH is 1. The quantitative estimate of drug-likeness (QED) is 0.476. The van der Waals surface area contributed by atoms with Crippen molar-refractivity contribution in [3.63, 3.8) is 0 Å². The third-order valence-electron chi connectivity index (χ3n) is 0.787. The molecule has 0 aromatic carbocycles. The molecular formula is C3H7N4O+. The van der Waals surface area contributed by atoms with E-state index in [-0.39, 0.29) is 0 Å². The number of aromatic nitrogens is 4. The average molecular weight is 115 g/mol. The maximum atomic E-state index is 8.76. The third kappa shape index (κ3) is 0.812. The van der Waals surface area contributed by atoms with E-state index in [1.807, 2.05) is 0 Å². The van der Waals surface area contributed by atoms with Crippen LogP contribution in [0, 0.1) is 0 Å². The van der Waals surface area contributed by atoms with Gasteiger partial charge in [0.15, 0.2) is 5.21 Å². The Bertz CT molecular complexity index is 146. The highest BCUT2D eigenvalue weighted by Gasteiger charge is 2.10. The van der Waals surface area contributed by atoms with Crippen LogP contribution in [0.25, 0.3) is 0 Å². The van der Waals surface area contributed by atoms with Gasteiger partial charge in [0.2, 0.25) is 0 Å². The van der Waals surface area contributed by atoms with E-state index in [0.717, 1.165) is 0 Å². The second kappa shape index (κ2) is 1.87. The van der Waals surface area contributed by atoms with Crippen molar-refractivity contribution in [2.45, 2.75) is 13.0 Å². The van der Waals surface area contributed by atoms with Gasteiger partial charge in [0, 0.05) is 0 Å². The topological polar surface area (TPSA) is 75.9 Å². The molecule has 0 saturated heterocycles. The van der Waals surface area contributed by atoms with Gasteiger partial charge in [0.1, 0.15) is 11.2 Å². The molecule has 0 spiro atoms. The SMILES string of the molecule is CC(O)c1nn[nH][nH+]1. The van der Waals surface area contributed by atoms with Crippen molar-refractivity contribution in [3.8, 4) is 0 Å². The summed E-state index contributed by atoms with van der Waals surface area (Å²) in [4.78, 5) is 0. The Morgan fingerprint density at radius 1 is 1.88 bits per heavy atom.